The maximum Gasteiger partial charge on any atom is 0.278 e. The molecule has 0 bridgehead atoms. The van der Waals surface area contributed by atoms with Crippen LogP contribution in [-0.4, -0.2) is 42.2 Å². The van der Waals surface area contributed by atoms with Crippen molar-refractivity contribution < 1.29 is 19.0 Å². The number of amides is 1. The van der Waals surface area contributed by atoms with Gasteiger partial charge in [-0.3, -0.25) is 4.79 Å². The molecule has 1 amide bonds. The van der Waals surface area contributed by atoms with Crippen molar-refractivity contribution >= 4 is 5.91 Å². The van der Waals surface area contributed by atoms with Gasteiger partial charge >= 0.3 is 0 Å². The third-order valence-electron chi connectivity index (χ3n) is 4.45. The fourth-order valence-electron chi connectivity index (χ4n) is 3.05. The van der Waals surface area contributed by atoms with Gasteiger partial charge in [0.05, 0.1) is 14.2 Å². The Morgan fingerprint density at radius 3 is 2.46 bits per heavy atom. The Morgan fingerprint density at radius 2 is 1.77 bits per heavy atom. The average Bonchev–Trinajstić information content (AvgIpc) is 2.70. The van der Waals surface area contributed by atoms with Gasteiger partial charge in [-0.05, 0) is 43.9 Å². The van der Waals surface area contributed by atoms with E-state index in [1.807, 2.05) is 12.1 Å². The van der Waals surface area contributed by atoms with Crippen LogP contribution in [0.4, 0.5) is 0 Å². The Kier molecular flexibility index (Phi) is 5.88. The summed E-state index contributed by atoms with van der Waals surface area (Å²) < 4.78 is 16.2. The monoisotopic (exact) mass is 357 g/mol. The molecule has 1 aromatic carbocycles. The van der Waals surface area contributed by atoms with E-state index in [1.165, 1.54) is 0 Å². The average molecular weight is 357 g/mol. The fourth-order valence-corrected chi connectivity index (χ4v) is 3.05. The normalized spacial score (nSPS) is 19.5. The topological polar surface area (TPSA) is 82.6 Å². The number of benzene rings is 1. The molecule has 1 aliphatic rings. The molecule has 1 aliphatic carbocycles. The van der Waals surface area contributed by atoms with Gasteiger partial charge in [0, 0.05) is 24.0 Å². The molecule has 3 rings (SSSR count). The van der Waals surface area contributed by atoms with Crippen LogP contribution in [0, 0.1) is 0 Å². The van der Waals surface area contributed by atoms with E-state index in [-0.39, 0.29) is 18.1 Å². The summed E-state index contributed by atoms with van der Waals surface area (Å²) in [7, 11) is 3.13. The van der Waals surface area contributed by atoms with Gasteiger partial charge in [-0.25, -0.2) is 9.97 Å². The molecule has 7 heteroatoms. The van der Waals surface area contributed by atoms with E-state index in [0.717, 1.165) is 25.7 Å². The minimum atomic E-state index is -0.0798. The second kappa shape index (κ2) is 8.51. The summed E-state index contributed by atoms with van der Waals surface area (Å²) in [5.41, 5.74) is 0.604. The van der Waals surface area contributed by atoms with Gasteiger partial charge in [0.1, 0.15) is 11.9 Å². The highest BCUT2D eigenvalue weighted by Crippen LogP contribution is 2.27. The van der Waals surface area contributed by atoms with Crippen molar-refractivity contribution in [2.45, 2.75) is 37.8 Å². The van der Waals surface area contributed by atoms with Crippen molar-refractivity contribution in [3.8, 4) is 17.5 Å². The summed E-state index contributed by atoms with van der Waals surface area (Å²) in [5, 5.41) is 3.09. The van der Waals surface area contributed by atoms with Gasteiger partial charge in [0.2, 0.25) is 0 Å². The molecule has 1 fully saturated rings. The number of ether oxygens (including phenoxy) is 3. The van der Waals surface area contributed by atoms with E-state index in [9.17, 15) is 4.79 Å². The van der Waals surface area contributed by atoms with Gasteiger partial charge < -0.3 is 19.5 Å². The van der Waals surface area contributed by atoms with Crippen LogP contribution in [0.2, 0.25) is 0 Å². The summed E-state index contributed by atoms with van der Waals surface area (Å²) in [6, 6.07) is 7.29. The zero-order valence-corrected chi connectivity index (χ0v) is 15.0. The lowest BCUT2D eigenvalue weighted by Gasteiger charge is -2.29. The van der Waals surface area contributed by atoms with Gasteiger partial charge in [-0.1, -0.05) is 6.07 Å². The number of hydrogen-bond donors (Lipinski definition) is 1. The van der Waals surface area contributed by atoms with Crippen LogP contribution in [0.25, 0.3) is 0 Å². The Morgan fingerprint density at radius 1 is 1.04 bits per heavy atom. The number of nitrogens with zero attached hydrogens (tertiary/aromatic N) is 2. The molecule has 1 saturated carbocycles. The Hall–Kier alpha value is -2.83. The number of aromatic nitrogens is 2. The summed E-state index contributed by atoms with van der Waals surface area (Å²) in [6.45, 7) is 0. The van der Waals surface area contributed by atoms with Crippen LogP contribution in [0.5, 0.6) is 17.5 Å². The third-order valence-corrected chi connectivity index (χ3v) is 4.45. The van der Waals surface area contributed by atoms with Gasteiger partial charge in [-0.2, -0.15) is 0 Å². The minimum Gasteiger partial charge on any atom is -0.497 e. The smallest absolute Gasteiger partial charge is 0.278 e. The second-order valence-corrected chi connectivity index (χ2v) is 6.17. The van der Waals surface area contributed by atoms with Crippen molar-refractivity contribution in [3.63, 3.8) is 0 Å². The molecule has 0 saturated heterocycles. The number of methoxy groups -OCH3 is 2. The van der Waals surface area contributed by atoms with E-state index in [2.05, 4.69) is 15.3 Å². The molecule has 1 aromatic heterocycles. The van der Waals surface area contributed by atoms with Crippen molar-refractivity contribution in [1.29, 1.82) is 0 Å². The van der Waals surface area contributed by atoms with Crippen LogP contribution >= 0.6 is 0 Å². The van der Waals surface area contributed by atoms with Gasteiger partial charge in [0.15, 0.2) is 0 Å². The molecule has 0 spiro atoms. The standard InChI is InChI=1S/C19H23N3O4/c1-24-16-5-3-4-13(12-16)17(23)22-14-6-8-15(9-7-14)26-19-18(25-2)20-10-11-21-19/h3-5,10-12,14-15H,6-9H2,1-2H3,(H,22,23). The predicted molar refractivity (Wildman–Crippen MR) is 95.7 cm³/mol. The van der Waals surface area contributed by atoms with E-state index in [4.69, 9.17) is 14.2 Å². The molecule has 2 aromatic rings. The quantitative estimate of drug-likeness (QED) is 0.856. The number of nitrogens with one attached hydrogen (secondary N) is 1. The molecule has 26 heavy (non-hydrogen) atoms. The van der Waals surface area contributed by atoms with Crippen LogP contribution in [0.15, 0.2) is 36.7 Å². The van der Waals surface area contributed by atoms with Crippen LogP contribution in [0.3, 0.4) is 0 Å². The lowest BCUT2D eigenvalue weighted by atomic mass is 9.92. The molecular weight excluding hydrogens is 334 g/mol. The first kappa shape index (κ1) is 18.0. The minimum absolute atomic E-state index is 0.0468. The van der Waals surface area contributed by atoms with Crippen molar-refractivity contribution in [3.05, 3.63) is 42.2 Å². The van der Waals surface area contributed by atoms with Crippen LogP contribution in [0.1, 0.15) is 36.0 Å². The Labute approximate surface area is 152 Å². The molecule has 1 N–H and O–H groups in total. The first-order chi connectivity index (χ1) is 12.7. The molecule has 7 nitrogen and oxygen atoms in total. The largest absolute Gasteiger partial charge is 0.497 e. The summed E-state index contributed by atoms with van der Waals surface area (Å²) >= 11 is 0. The van der Waals surface area contributed by atoms with Crippen molar-refractivity contribution in [2.75, 3.05) is 14.2 Å². The molecule has 1 heterocycles. The first-order valence-corrected chi connectivity index (χ1v) is 8.66. The van der Waals surface area contributed by atoms with Crippen molar-refractivity contribution in [2.24, 2.45) is 0 Å². The highest BCUT2D eigenvalue weighted by atomic mass is 16.5. The van der Waals surface area contributed by atoms with Crippen molar-refractivity contribution in [1.82, 2.24) is 15.3 Å². The van der Waals surface area contributed by atoms with Crippen LogP contribution < -0.4 is 19.5 Å². The van der Waals surface area contributed by atoms with Gasteiger partial charge in [0.25, 0.3) is 17.7 Å². The summed E-state index contributed by atoms with van der Waals surface area (Å²) in [6.07, 6.45) is 6.57. The predicted octanol–water partition coefficient (Wildman–Crippen LogP) is 2.61. The maximum absolute atomic E-state index is 12.4. The molecule has 0 unspecified atom stereocenters. The molecular formula is C19H23N3O4. The van der Waals surface area contributed by atoms with E-state index in [1.54, 1.807) is 38.7 Å². The lowest BCUT2D eigenvalue weighted by Crippen LogP contribution is -2.39. The number of rotatable bonds is 6. The van der Waals surface area contributed by atoms with Crippen LogP contribution in [-0.2, 0) is 0 Å². The maximum atomic E-state index is 12.4. The second-order valence-electron chi connectivity index (χ2n) is 6.17. The van der Waals surface area contributed by atoms with E-state index >= 15 is 0 Å². The molecule has 138 valence electrons. The number of hydrogen-bond acceptors (Lipinski definition) is 6. The highest BCUT2D eigenvalue weighted by Gasteiger charge is 2.25. The molecule has 0 aliphatic heterocycles. The van der Waals surface area contributed by atoms with Gasteiger partial charge in [-0.15, -0.1) is 0 Å². The number of carbonyl (C=O) groups excluding carboxylic acids is 1. The zero-order chi connectivity index (χ0) is 18.4. The zero-order valence-electron chi connectivity index (χ0n) is 15.0. The lowest BCUT2D eigenvalue weighted by molar-refractivity contribution is 0.0886. The molecule has 0 atom stereocenters. The third kappa shape index (κ3) is 4.41. The van der Waals surface area contributed by atoms with E-state index < -0.39 is 0 Å². The summed E-state index contributed by atoms with van der Waals surface area (Å²) in [5.74, 6) is 1.40. The Bertz CT molecular complexity index is 745. The Balaban J connectivity index is 1.51. The highest BCUT2D eigenvalue weighted by molar-refractivity contribution is 5.94. The number of carbonyl (C=O) groups is 1. The molecule has 0 radical (unpaired) electrons. The van der Waals surface area contributed by atoms with E-state index in [0.29, 0.717) is 23.1 Å². The first-order valence-electron chi connectivity index (χ1n) is 8.66. The summed E-state index contributed by atoms with van der Waals surface area (Å²) in [4.78, 5) is 20.7. The fraction of sp³-hybridized carbons (Fsp3) is 0.421. The SMILES string of the molecule is COc1cccc(C(=O)NC2CCC(Oc3nccnc3OC)CC2)c1.